The highest BCUT2D eigenvalue weighted by atomic mass is 35.5. The fourth-order valence-electron chi connectivity index (χ4n) is 1.91. The largest absolute Gasteiger partial charge is 0.346 e. The van der Waals surface area contributed by atoms with Crippen LogP contribution in [0.15, 0.2) is 18.3 Å². The summed E-state index contributed by atoms with van der Waals surface area (Å²) in [4.78, 5) is 11.8. The molecule has 5 heteroatoms. The van der Waals surface area contributed by atoms with Gasteiger partial charge in [-0.15, -0.1) is 16.7 Å². The Kier molecular flexibility index (Phi) is 3.72. The van der Waals surface area contributed by atoms with Gasteiger partial charge in [-0.05, 0) is 25.0 Å². The van der Waals surface area contributed by atoms with Crippen molar-refractivity contribution in [1.29, 1.82) is 0 Å². The average molecular weight is 240 g/mol. The van der Waals surface area contributed by atoms with Crippen molar-refractivity contribution in [2.45, 2.75) is 37.1 Å². The lowest BCUT2D eigenvalue weighted by molar-refractivity contribution is 0.0922. The van der Waals surface area contributed by atoms with Crippen molar-refractivity contribution >= 4 is 17.5 Å². The zero-order chi connectivity index (χ0) is 11.4. The van der Waals surface area contributed by atoms with E-state index < -0.39 is 0 Å². The van der Waals surface area contributed by atoms with Crippen LogP contribution in [0, 0.1) is 0 Å². The van der Waals surface area contributed by atoms with E-state index >= 15 is 0 Å². The summed E-state index contributed by atoms with van der Waals surface area (Å²) in [6.07, 6.45) is 5.72. The number of aromatic nitrogens is 2. The Morgan fingerprint density at radius 1 is 1.44 bits per heavy atom. The molecule has 16 heavy (non-hydrogen) atoms. The van der Waals surface area contributed by atoms with Gasteiger partial charge in [0.15, 0.2) is 5.69 Å². The van der Waals surface area contributed by atoms with Crippen LogP contribution in [-0.4, -0.2) is 27.5 Å². The minimum absolute atomic E-state index is 0.0365. The maximum atomic E-state index is 11.8. The van der Waals surface area contributed by atoms with E-state index in [1.807, 2.05) is 0 Å². The number of hydrogen-bond acceptors (Lipinski definition) is 3. The topological polar surface area (TPSA) is 54.9 Å². The first kappa shape index (κ1) is 11.3. The van der Waals surface area contributed by atoms with Gasteiger partial charge in [0, 0.05) is 12.2 Å². The van der Waals surface area contributed by atoms with Crippen molar-refractivity contribution in [1.82, 2.24) is 15.5 Å². The van der Waals surface area contributed by atoms with Gasteiger partial charge in [0.05, 0.1) is 5.38 Å². The second-order valence-electron chi connectivity index (χ2n) is 3.99. The lowest BCUT2D eigenvalue weighted by Gasteiger charge is -2.27. The van der Waals surface area contributed by atoms with E-state index in [4.69, 9.17) is 11.6 Å². The fraction of sp³-hybridized carbons (Fsp3) is 0.545. The Labute approximate surface area is 99.4 Å². The van der Waals surface area contributed by atoms with Gasteiger partial charge in [0.2, 0.25) is 0 Å². The lowest BCUT2D eigenvalue weighted by atomic mass is 9.95. The van der Waals surface area contributed by atoms with Crippen LogP contribution >= 0.6 is 11.6 Å². The minimum atomic E-state index is -0.189. The maximum Gasteiger partial charge on any atom is 0.272 e. The van der Waals surface area contributed by atoms with Crippen molar-refractivity contribution in [2.75, 3.05) is 0 Å². The molecule has 2 unspecified atom stereocenters. The summed E-state index contributed by atoms with van der Waals surface area (Å²) in [5, 5.41) is 10.4. The number of amides is 1. The summed E-state index contributed by atoms with van der Waals surface area (Å²) in [6.45, 7) is 0. The van der Waals surface area contributed by atoms with E-state index in [1.165, 1.54) is 0 Å². The number of nitrogens with zero attached hydrogens (tertiary/aromatic N) is 2. The van der Waals surface area contributed by atoms with Crippen LogP contribution in [0.3, 0.4) is 0 Å². The molecular formula is C11H14ClN3O. The summed E-state index contributed by atoms with van der Waals surface area (Å²) in [7, 11) is 0. The lowest BCUT2D eigenvalue weighted by Crippen LogP contribution is -2.43. The number of nitrogens with one attached hydrogen (secondary N) is 1. The minimum Gasteiger partial charge on any atom is -0.346 e. The van der Waals surface area contributed by atoms with E-state index in [1.54, 1.807) is 18.3 Å². The molecule has 1 aromatic heterocycles. The van der Waals surface area contributed by atoms with Crippen LogP contribution < -0.4 is 5.32 Å². The SMILES string of the molecule is O=C(NC1CCCCC1Cl)c1cccnn1. The standard InChI is InChI=1S/C11H14ClN3O/c12-8-4-1-2-5-9(8)14-11(16)10-6-3-7-13-15-10/h3,6-9H,1-2,4-5H2,(H,14,16). The smallest absolute Gasteiger partial charge is 0.272 e. The van der Waals surface area contributed by atoms with E-state index in [9.17, 15) is 4.79 Å². The van der Waals surface area contributed by atoms with Crippen molar-refractivity contribution in [3.63, 3.8) is 0 Å². The first-order valence-electron chi connectivity index (χ1n) is 5.50. The molecule has 1 aliphatic rings. The monoisotopic (exact) mass is 239 g/mol. The van der Waals surface area contributed by atoms with Crippen LogP contribution in [0.4, 0.5) is 0 Å². The van der Waals surface area contributed by atoms with Crippen LogP contribution in [0.2, 0.25) is 0 Å². The van der Waals surface area contributed by atoms with Gasteiger partial charge < -0.3 is 5.32 Å². The van der Waals surface area contributed by atoms with Gasteiger partial charge in [0.25, 0.3) is 5.91 Å². The molecule has 86 valence electrons. The Morgan fingerprint density at radius 3 is 2.94 bits per heavy atom. The molecule has 1 heterocycles. The Balaban J connectivity index is 1.96. The molecule has 1 aromatic rings. The van der Waals surface area contributed by atoms with E-state index in [-0.39, 0.29) is 17.3 Å². The molecule has 0 spiro atoms. The number of carbonyl (C=O) groups excluding carboxylic acids is 1. The van der Waals surface area contributed by atoms with Crippen molar-refractivity contribution in [2.24, 2.45) is 0 Å². The Hall–Kier alpha value is -1.16. The number of rotatable bonds is 2. The van der Waals surface area contributed by atoms with Crippen LogP contribution in [0.1, 0.15) is 36.2 Å². The number of carbonyl (C=O) groups is 1. The molecule has 0 saturated heterocycles. The highest BCUT2D eigenvalue weighted by Gasteiger charge is 2.25. The van der Waals surface area contributed by atoms with Crippen LogP contribution in [-0.2, 0) is 0 Å². The molecule has 1 aliphatic carbocycles. The molecule has 1 N–H and O–H groups in total. The summed E-state index contributed by atoms with van der Waals surface area (Å²) in [5.41, 5.74) is 0.344. The first-order valence-corrected chi connectivity index (χ1v) is 5.93. The summed E-state index contributed by atoms with van der Waals surface area (Å²) in [6, 6.07) is 3.40. The van der Waals surface area contributed by atoms with Crippen LogP contribution in [0.5, 0.6) is 0 Å². The van der Waals surface area contributed by atoms with Crippen molar-refractivity contribution in [3.05, 3.63) is 24.0 Å². The summed E-state index contributed by atoms with van der Waals surface area (Å²) < 4.78 is 0. The molecule has 1 amide bonds. The molecule has 0 aliphatic heterocycles. The highest BCUT2D eigenvalue weighted by molar-refractivity contribution is 6.21. The van der Waals surface area contributed by atoms with E-state index in [0.29, 0.717) is 5.69 Å². The normalized spacial score (nSPS) is 25.1. The molecule has 4 nitrogen and oxygen atoms in total. The Morgan fingerprint density at radius 2 is 2.25 bits per heavy atom. The second kappa shape index (κ2) is 5.25. The number of halogens is 1. The van der Waals surface area contributed by atoms with Gasteiger partial charge in [-0.25, -0.2) is 0 Å². The van der Waals surface area contributed by atoms with Gasteiger partial charge in [-0.2, -0.15) is 5.10 Å². The molecule has 1 saturated carbocycles. The molecular weight excluding hydrogens is 226 g/mol. The molecule has 0 radical (unpaired) electrons. The van der Waals surface area contributed by atoms with Gasteiger partial charge in [-0.1, -0.05) is 12.8 Å². The second-order valence-corrected chi connectivity index (χ2v) is 4.55. The zero-order valence-corrected chi connectivity index (χ0v) is 9.65. The fourth-order valence-corrected chi connectivity index (χ4v) is 2.26. The maximum absolute atomic E-state index is 11.8. The molecule has 1 fully saturated rings. The highest BCUT2D eigenvalue weighted by Crippen LogP contribution is 2.23. The van der Waals surface area contributed by atoms with Gasteiger partial charge in [0.1, 0.15) is 0 Å². The van der Waals surface area contributed by atoms with E-state index in [2.05, 4.69) is 15.5 Å². The molecule has 0 bridgehead atoms. The average Bonchev–Trinajstić information content (AvgIpc) is 2.33. The first-order chi connectivity index (χ1) is 7.77. The number of alkyl halides is 1. The third-order valence-electron chi connectivity index (χ3n) is 2.80. The quantitative estimate of drug-likeness (QED) is 0.800. The predicted molar refractivity (Wildman–Crippen MR) is 61.4 cm³/mol. The van der Waals surface area contributed by atoms with Gasteiger partial charge >= 0.3 is 0 Å². The molecule has 2 atom stereocenters. The van der Waals surface area contributed by atoms with E-state index in [0.717, 1.165) is 25.7 Å². The summed E-state index contributed by atoms with van der Waals surface area (Å²) in [5.74, 6) is -0.189. The van der Waals surface area contributed by atoms with Crippen LogP contribution in [0.25, 0.3) is 0 Å². The van der Waals surface area contributed by atoms with Crippen molar-refractivity contribution < 1.29 is 4.79 Å². The Bertz CT molecular complexity index is 358. The number of hydrogen-bond donors (Lipinski definition) is 1. The zero-order valence-electron chi connectivity index (χ0n) is 8.90. The third-order valence-corrected chi connectivity index (χ3v) is 3.33. The molecule has 2 rings (SSSR count). The summed E-state index contributed by atoms with van der Waals surface area (Å²) >= 11 is 6.16. The molecule has 0 aromatic carbocycles. The van der Waals surface area contributed by atoms with Crippen molar-refractivity contribution in [3.8, 4) is 0 Å². The predicted octanol–water partition coefficient (Wildman–Crippen LogP) is 1.76. The third kappa shape index (κ3) is 2.70. The van der Waals surface area contributed by atoms with Gasteiger partial charge in [-0.3, -0.25) is 4.79 Å².